The van der Waals surface area contributed by atoms with Crippen LogP contribution in [0.3, 0.4) is 0 Å². The van der Waals surface area contributed by atoms with Crippen LogP contribution in [-0.4, -0.2) is 48.7 Å². The fraction of sp³-hybridized carbons (Fsp3) is 0.538. The lowest BCUT2D eigenvalue weighted by molar-refractivity contribution is -0.120. The van der Waals surface area contributed by atoms with Gasteiger partial charge >= 0.3 is 0 Å². The Labute approximate surface area is 124 Å². The van der Waals surface area contributed by atoms with E-state index < -0.39 is 40.8 Å². The predicted octanol–water partition coefficient (Wildman–Crippen LogP) is 2.19. The number of rotatable bonds is 4. The van der Waals surface area contributed by atoms with E-state index in [1.54, 1.807) is 0 Å². The van der Waals surface area contributed by atoms with Crippen molar-refractivity contribution in [3.8, 4) is 0 Å². The molecule has 0 spiro atoms. The fourth-order valence-corrected chi connectivity index (χ4v) is 2.65. The zero-order valence-electron chi connectivity index (χ0n) is 11.1. The van der Waals surface area contributed by atoms with Gasteiger partial charge in [-0.2, -0.15) is 0 Å². The molecule has 118 valence electrons. The van der Waals surface area contributed by atoms with Gasteiger partial charge in [-0.05, 0) is 12.1 Å². The van der Waals surface area contributed by atoms with Crippen molar-refractivity contribution in [2.45, 2.75) is 12.0 Å². The van der Waals surface area contributed by atoms with E-state index in [9.17, 15) is 17.6 Å². The van der Waals surface area contributed by atoms with Gasteiger partial charge in [0.05, 0.1) is 5.02 Å². The van der Waals surface area contributed by atoms with Crippen LogP contribution in [0.4, 0.5) is 17.6 Å². The number of benzene rings is 1. The maximum absolute atomic E-state index is 14.1. The van der Waals surface area contributed by atoms with E-state index >= 15 is 0 Å². The maximum atomic E-state index is 14.1. The number of nitrogens with zero attached hydrogens (tertiary/aromatic N) is 1. The van der Waals surface area contributed by atoms with Gasteiger partial charge in [0.1, 0.15) is 24.3 Å². The minimum Gasteiger partial charge on any atom is -0.390 e. The predicted molar refractivity (Wildman–Crippen MR) is 70.6 cm³/mol. The van der Waals surface area contributed by atoms with Crippen LogP contribution in [0, 0.1) is 11.6 Å². The number of hydrogen-bond acceptors (Lipinski definition) is 3. The average molecular weight is 327 g/mol. The van der Waals surface area contributed by atoms with E-state index in [0.717, 1.165) is 12.1 Å². The standard InChI is InChI=1S/C13H15ClF4N2O/c14-8-1-2-9(15)10(11(8)16)12(13(17,18)7-21)20-5-3-19-4-6-20/h1-2,12,19,21H,3-7H2/t12-/m0/s1. The Kier molecular flexibility index (Phi) is 5.08. The summed E-state index contributed by atoms with van der Waals surface area (Å²) in [4.78, 5) is 1.25. The quantitative estimate of drug-likeness (QED) is 0.658. The second-order valence-electron chi connectivity index (χ2n) is 4.86. The normalized spacial score (nSPS) is 18.8. The molecular weight excluding hydrogens is 312 g/mol. The van der Waals surface area contributed by atoms with Crippen LogP contribution < -0.4 is 5.32 Å². The number of piperazine rings is 1. The molecule has 0 bridgehead atoms. The molecule has 1 heterocycles. The van der Waals surface area contributed by atoms with Gasteiger partial charge in [0, 0.05) is 31.7 Å². The van der Waals surface area contributed by atoms with Gasteiger partial charge in [-0.3, -0.25) is 4.90 Å². The van der Waals surface area contributed by atoms with Crippen molar-refractivity contribution in [1.29, 1.82) is 0 Å². The summed E-state index contributed by atoms with van der Waals surface area (Å²) >= 11 is 5.58. The highest BCUT2D eigenvalue weighted by Gasteiger charge is 2.46. The SMILES string of the molecule is OCC(F)(F)[C@H](c1c(F)ccc(Cl)c1F)N1CCNCC1. The first-order valence-corrected chi connectivity index (χ1v) is 6.83. The summed E-state index contributed by atoms with van der Waals surface area (Å²) in [6, 6.07) is -0.0753. The molecule has 0 aromatic heterocycles. The Morgan fingerprint density at radius 1 is 1.29 bits per heavy atom. The molecule has 2 N–H and O–H groups in total. The van der Waals surface area contributed by atoms with E-state index in [1.807, 2.05) is 0 Å². The highest BCUT2D eigenvalue weighted by atomic mass is 35.5. The summed E-state index contributed by atoms with van der Waals surface area (Å²) in [7, 11) is 0. The summed E-state index contributed by atoms with van der Waals surface area (Å²) in [5, 5.41) is 11.5. The van der Waals surface area contributed by atoms with Gasteiger partial charge in [0.25, 0.3) is 5.92 Å². The van der Waals surface area contributed by atoms with Gasteiger partial charge in [-0.1, -0.05) is 11.6 Å². The van der Waals surface area contributed by atoms with Gasteiger partial charge < -0.3 is 10.4 Å². The molecule has 0 radical (unpaired) electrons. The third kappa shape index (κ3) is 3.31. The third-order valence-corrected chi connectivity index (χ3v) is 3.77. The first-order valence-electron chi connectivity index (χ1n) is 6.45. The van der Waals surface area contributed by atoms with Crippen LogP contribution in [0.25, 0.3) is 0 Å². The third-order valence-electron chi connectivity index (χ3n) is 3.48. The van der Waals surface area contributed by atoms with Crippen LogP contribution in [0.15, 0.2) is 12.1 Å². The van der Waals surface area contributed by atoms with Crippen molar-refractivity contribution in [2.24, 2.45) is 0 Å². The summed E-state index contributed by atoms with van der Waals surface area (Å²) in [5.41, 5.74) is -0.802. The van der Waals surface area contributed by atoms with E-state index in [4.69, 9.17) is 16.7 Å². The zero-order chi connectivity index (χ0) is 15.6. The summed E-state index contributed by atoms with van der Waals surface area (Å²) in [5.74, 6) is -6.01. The lowest BCUT2D eigenvalue weighted by Crippen LogP contribution is -2.51. The van der Waals surface area contributed by atoms with Gasteiger partial charge in [-0.15, -0.1) is 0 Å². The molecular formula is C13H15ClF4N2O. The maximum Gasteiger partial charge on any atom is 0.290 e. The van der Waals surface area contributed by atoms with Crippen molar-refractivity contribution in [1.82, 2.24) is 10.2 Å². The van der Waals surface area contributed by atoms with Crippen LogP contribution >= 0.6 is 11.6 Å². The number of aliphatic hydroxyl groups is 1. The Morgan fingerprint density at radius 2 is 1.90 bits per heavy atom. The highest BCUT2D eigenvalue weighted by Crippen LogP contribution is 2.40. The van der Waals surface area contributed by atoms with Crippen molar-refractivity contribution in [3.05, 3.63) is 34.4 Å². The molecule has 1 saturated heterocycles. The number of alkyl halides is 2. The minimum atomic E-state index is -3.69. The number of halogens is 5. The van der Waals surface area contributed by atoms with E-state index in [0.29, 0.717) is 13.1 Å². The molecule has 1 fully saturated rings. The Bertz CT molecular complexity index is 509. The second kappa shape index (κ2) is 6.48. The van der Waals surface area contributed by atoms with Crippen molar-refractivity contribution in [2.75, 3.05) is 32.8 Å². The van der Waals surface area contributed by atoms with Gasteiger partial charge in [0.15, 0.2) is 0 Å². The molecule has 1 atom stereocenters. The second-order valence-corrected chi connectivity index (χ2v) is 5.27. The summed E-state index contributed by atoms with van der Waals surface area (Å²) < 4.78 is 56.2. The van der Waals surface area contributed by atoms with Crippen LogP contribution in [-0.2, 0) is 0 Å². The molecule has 8 heteroatoms. The van der Waals surface area contributed by atoms with Crippen molar-refractivity contribution in [3.63, 3.8) is 0 Å². The number of hydrogen-bond donors (Lipinski definition) is 2. The molecule has 1 aliphatic rings. The first kappa shape index (κ1) is 16.5. The number of aliphatic hydroxyl groups excluding tert-OH is 1. The lowest BCUT2D eigenvalue weighted by Gasteiger charge is -2.39. The summed E-state index contributed by atoms with van der Waals surface area (Å²) in [6.07, 6.45) is 0. The van der Waals surface area contributed by atoms with Crippen LogP contribution in [0.5, 0.6) is 0 Å². The Morgan fingerprint density at radius 3 is 2.48 bits per heavy atom. The number of nitrogens with one attached hydrogen (secondary N) is 1. The molecule has 21 heavy (non-hydrogen) atoms. The molecule has 1 aliphatic heterocycles. The molecule has 2 rings (SSSR count). The zero-order valence-corrected chi connectivity index (χ0v) is 11.8. The molecule has 1 aromatic rings. The Hall–Kier alpha value is -0.890. The monoisotopic (exact) mass is 326 g/mol. The van der Waals surface area contributed by atoms with Gasteiger partial charge in [0.2, 0.25) is 0 Å². The molecule has 1 aromatic carbocycles. The lowest BCUT2D eigenvalue weighted by atomic mass is 9.97. The smallest absolute Gasteiger partial charge is 0.290 e. The van der Waals surface area contributed by atoms with E-state index in [2.05, 4.69) is 5.32 Å². The largest absolute Gasteiger partial charge is 0.390 e. The van der Waals surface area contributed by atoms with Crippen molar-refractivity contribution < 1.29 is 22.7 Å². The average Bonchev–Trinajstić information content (AvgIpc) is 2.48. The fourth-order valence-electron chi connectivity index (χ4n) is 2.48. The van der Waals surface area contributed by atoms with E-state index in [-0.39, 0.29) is 13.1 Å². The van der Waals surface area contributed by atoms with Crippen molar-refractivity contribution >= 4 is 11.6 Å². The minimum absolute atomic E-state index is 0.186. The molecule has 0 aliphatic carbocycles. The topological polar surface area (TPSA) is 35.5 Å². The van der Waals surface area contributed by atoms with Gasteiger partial charge in [-0.25, -0.2) is 17.6 Å². The molecule has 0 unspecified atom stereocenters. The summed E-state index contributed by atoms with van der Waals surface area (Å²) in [6.45, 7) is -0.298. The van der Waals surface area contributed by atoms with E-state index in [1.165, 1.54) is 4.90 Å². The molecule has 0 amide bonds. The Balaban J connectivity index is 2.52. The first-order chi connectivity index (χ1) is 9.88. The van der Waals surface area contributed by atoms with Crippen LogP contribution in [0.1, 0.15) is 11.6 Å². The van der Waals surface area contributed by atoms with Crippen LogP contribution in [0.2, 0.25) is 5.02 Å². The molecule has 0 saturated carbocycles. The molecule has 3 nitrogen and oxygen atoms in total. The highest BCUT2D eigenvalue weighted by molar-refractivity contribution is 6.30.